The summed E-state index contributed by atoms with van der Waals surface area (Å²) in [5.74, 6) is 0.159. The molecule has 1 heterocycles. The van der Waals surface area contributed by atoms with Crippen LogP contribution in [0.4, 0.5) is 18.9 Å². The molecule has 9 heteroatoms. The highest BCUT2D eigenvalue weighted by molar-refractivity contribution is 5.65. The Bertz CT molecular complexity index is 829. The molecule has 152 valence electrons. The van der Waals surface area contributed by atoms with Crippen LogP contribution in [0.1, 0.15) is 38.7 Å². The smallest absolute Gasteiger partial charge is 0.382 e. The summed E-state index contributed by atoms with van der Waals surface area (Å²) in [7, 11) is 0. The molecule has 28 heavy (non-hydrogen) atoms. The number of benzene rings is 1. The van der Waals surface area contributed by atoms with Gasteiger partial charge in [0.25, 0.3) is 0 Å². The average Bonchev–Trinajstić information content (AvgIpc) is 3.04. The maximum absolute atomic E-state index is 13.3. The SMILES string of the molecule is CC(C)OC(O)/C=C\n1cnc(-c2cc(NC3CCC3)cc(C(F)(F)F)c2)n1. The topological polar surface area (TPSA) is 72.2 Å². The summed E-state index contributed by atoms with van der Waals surface area (Å²) in [6, 6.07) is 3.96. The zero-order valence-corrected chi connectivity index (χ0v) is 15.6. The maximum atomic E-state index is 13.3. The summed E-state index contributed by atoms with van der Waals surface area (Å²) in [4.78, 5) is 4.09. The van der Waals surface area contributed by atoms with Gasteiger partial charge in [0, 0.05) is 23.5 Å². The first-order valence-corrected chi connectivity index (χ1v) is 9.13. The van der Waals surface area contributed by atoms with Crippen LogP contribution in [0.3, 0.4) is 0 Å². The van der Waals surface area contributed by atoms with Gasteiger partial charge in [-0.2, -0.15) is 13.2 Å². The lowest BCUT2D eigenvalue weighted by molar-refractivity contribution is -0.137. The van der Waals surface area contributed by atoms with Crippen molar-refractivity contribution in [1.29, 1.82) is 0 Å². The molecule has 0 amide bonds. The standard InChI is InChI=1S/C19H23F3N4O2/c1-12(2)28-17(27)6-7-26-11-23-18(25-26)13-8-14(19(20,21)22)10-16(9-13)24-15-4-3-5-15/h6-12,15,17,24,27H,3-5H2,1-2H3/b7-6-. The van der Waals surface area contributed by atoms with Crippen molar-refractivity contribution in [1.82, 2.24) is 14.8 Å². The predicted octanol–water partition coefficient (Wildman–Crippen LogP) is 4.14. The number of hydrogen-bond acceptors (Lipinski definition) is 5. The molecule has 0 bridgehead atoms. The Morgan fingerprint density at radius 3 is 2.64 bits per heavy atom. The second-order valence-electron chi connectivity index (χ2n) is 7.03. The Labute approximate surface area is 161 Å². The van der Waals surface area contributed by atoms with Crippen molar-refractivity contribution in [3.05, 3.63) is 36.2 Å². The van der Waals surface area contributed by atoms with Gasteiger partial charge in [-0.15, -0.1) is 5.10 Å². The summed E-state index contributed by atoms with van der Waals surface area (Å²) in [5.41, 5.74) is -0.0792. The Balaban J connectivity index is 1.83. The molecular formula is C19H23F3N4O2. The quantitative estimate of drug-likeness (QED) is 0.688. The molecule has 1 unspecified atom stereocenters. The van der Waals surface area contributed by atoms with Crippen LogP contribution < -0.4 is 5.32 Å². The molecule has 0 spiro atoms. The molecule has 2 aromatic rings. The van der Waals surface area contributed by atoms with Crippen LogP contribution in [0.25, 0.3) is 17.6 Å². The Morgan fingerprint density at radius 1 is 1.29 bits per heavy atom. The van der Waals surface area contributed by atoms with Crippen molar-refractivity contribution in [3.8, 4) is 11.4 Å². The Hall–Kier alpha value is -2.39. The van der Waals surface area contributed by atoms with Gasteiger partial charge in [-0.05, 0) is 57.4 Å². The Morgan fingerprint density at radius 2 is 2.04 bits per heavy atom. The van der Waals surface area contributed by atoms with E-state index < -0.39 is 18.0 Å². The lowest BCUT2D eigenvalue weighted by atomic mass is 9.92. The lowest BCUT2D eigenvalue weighted by Crippen LogP contribution is -2.27. The van der Waals surface area contributed by atoms with E-state index in [1.165, 1.54) is 23.3 Å². The van der Waals surface area contributed by atoms with Crippen LogP contribution >= 0.6 is 0 Å². The van der Waals surface area contributed by atoms with E-state index in [1.807, 2.05) is 0 Å². The van der Waals surface area contributed by atoms with Gasteiger partial charge < -0.3 is 15.2 Å². The van der Waals surface area contributed by atoms with Crippen LogP contribution in [0.2, 0.25) is 0 Å². The molecule has 1 aliphatic carbocycles. The molecule has 3 rings (SSSR count). The van der Waals surface area contributed by atoms with Gasteiger partial charge >= 0.3 is 6.18 Å². The van der Waals surface area contributed by atoms with Crippen LogP contribution in [-0.4, -0.2) is 38.3 Å². The fraction of sp³-hybridized carbons (Fsp3) is 0.474. The van der Waals surface area contributed by atoms with E-state index >= 15 is 0 Å². The summed E-state index contributed by atoms with van der Waals surface area (Å²) in [6.07, 6.45) is 1.40. The van der Waals surface area contributed by atoms with Crippen molar-refractivity contribution < 1.29 is 23.0 Å². The van der Waals surface area contributed by atoms with Gasteiger partial charge in [0.2, 0.25) is 0 Å². The van der Waals surface area contributed by atoms with Gasteiger partial charge in [-0.1, -0.05) is 0 Å². The van der Waals surface area contributed by atoms with E-state index in [1.54, 1.807) is 19.9 Å². The predicted molar refractivity (Wildman–Crippen MR) is 99.3 cm³/mol. The largest absolute Gasteiger partial charge is 0.416 e. The van der Waals surface area contributed by atoms with E-state index in [0.717, 1.165) is 31.4 Å². The van der Waals surface area contributed by atoms with Crippen LogP contribution in [0.15, 0.2) is 30.6 Å². The molecule has 2 N–H and O–H groups in total. The van der Waals surface area contributed by atoms with Crippen LogP contribution in [0, 0.1) is 0 Å². The van der Waals surface area contributed by atoms with E-state index in [-0.39, 0.29) is 23.5 Å². The highest BCUT2D eigenvalue weighted by Crippen LogP contribution is 2.35. The second-order valence-corrected chi connectivity index (χ2v) is 7.03. The highest BCUT2D eigenvalue weighted by Gasteiger charge is 2.32. The number of rotatable bonds is 7. The first-order valence-electron chi connectivity index (χ1n) is 9.13. The highest BCUT2D eigenvalue weighted by atomic mass is 19.4. The van der Waals surface area contributed by atoms with Crippen molar-refractivity contribution >= 4 is 11.9 Å². The van der Waals surface area contributed by atoms with Gasteiger partial charge in [-0.3, -0.25) is 0 Å². The fourth-order valence-electron chi connectivity index (χ4n) is 2.76. The first-order chi connectivity index (χ1) is 13.2. The number of anilines is 1. The molecule has 0 radical (unpaired) electrons. The zero-order valence-electron chi connectivity index (χ0n) is 15.6. The fourth-order valence-corrected chi connectivity index (χ4v) is 2.76. The van der Waals surface area contributed by atoms with Crippen molar-refractivity contribution in [2.45, 2.75) is 57.7 Å². The molecule has 1 fully saturated rings. The summed E-state index contributed by atoms with van der Waals surface area (Å²) < 4.78 is 46.3. The van der Waals surface area contributed by atoms with Gasteiger partial charge in [0.1, 0.15) is 6.33 Å². The number of aliphatic hydroxyl groups is 1. The van der Waals surface area contributed by atoms with Gasteiger partial charge in [0.15, 0.2) is 12.1 Å². The summed E-state index contributed by atoms with van der Waals surface area (Å²) >= 11 is 0. The molecule has 1 atom stereocenters. The molecular weight excluding hydrogens is 373 g/mol. The number of aromatic nitrogens is 3. The monoisotopic (exact) mass is 396 g/mol. The summed E-state index contributed by atoms with van der Waals surface area (Å²) in [5, 5.41) is 17.0. The minimum absolute atomic E-state index is 0.155. The molecule has 1 aliphatic rings. The third kappa shape index (κ3) is 5.32. The number of nitrogens with one attached hydrogen (secondary N) is 1. The third-order valence-electron chi connectivity index (χ3n) is 4.32. The third-order valence-corrected chi connectivity index (χ3v) is 4.32. The lowest BCUT2D eigenvalue weighted by Gasteiger charge is -2.28. The zero-order chi connectivity index (χ0) is 20.3. The van der Waals surface area contributed by atoms with Crippen LogP contribution in [-0.2, 0) is 10.9 Å². The normalized spacial score (nSPS) is 16.5. The molecule has 0 saturated heterocycles. The van der Waals surface area contributed by atoms with Gasteiger partial charge in [0.05, 0.1) is 11.7 Å². The summed E-state index contributed by atoms with van der Waals surface area (Å²) in [6.45, 7) is 3.57. The van der Waals surface area contributed by atoms with Crippen molar-refractivity contribution in [2.24, 2.45) is 0 Å². The first kappa shape index (κ1) is 20.3. The van der Waals surface area contributed by atoms with Gasteiger partial charge in [-0.25, -0.2) is 9.67 Å². The minimum Gasteiger partial charge on any atom is -0.382 e. The van der Waals surface area contributed by atoms with Crippen molar-refractivity contribution in [3.63, 3.8) is 0 Å². The minimum atomic E-state index is -4.47. The number of aliphatic hydroxyl groups excluding tert-OH is 1. The average molecular weight is 396 g/mol. The second kappa shape index (κ2) is 8.32. The molecule has 1 aromatic carbocycles. The van der Waals surface area contributed by atoms with E-state index in [2.05, 4.69) is 15.4 Å². The van der Waals surface area contributed by atoms with E-state index in [4.69, 9.17) is 4.74 Å². The Kier molecular flexibility index (Phi) is 6.04. The number of nitrogens with zero attached hydrogens (tertiary/aromatic N) is 3. The number of halogens is 3. The number of alkyl halides is 3. The molecule has 1 aromatic heterocycles. The molecule has 1 saturated carbocycles. The maximum Gasteiger partial charge on any atom is 0.416 e. The number of ether oxygens (including phenoxy) is 1. The molecule has 6 nitrogen and oxygen atoms in total. The van der Waals surface area contributed by atoms with E-state index in [0.29, 0.717) is 5.69 Å². The number of hydrogen-bond donors (Lipinski definition) is 2. The molecule has 0 aliphatic heterocycles. The van der Waals surface area contributed by atoms with Crippen molar-refractivity contribution in [2.75, 3.05) is 5.32 Å². The van der Waals surface area contributed by atoms with Crippen LogP contribution in [0.5, 0.6) is 0 Å². The van der Waals surface area contributed by atoms with E-state index in [9.17, 15) is 18.3 Å².